The second kappa shape index (κ2) is 9.72. The van der Waals surface area contributed by atoms with E-state index in [0.717, 1.165) is 11.1 Å². The van der Waals surface area contributed by atoms with Gasteiger partial charge in [-0.05, 0) is 54.6 Å². The van der Waals surface area contributed by atoms with Gasteiger partial charge in [-0.25, -0.2) is 0 Å². The number of rotatable bonds is 5. The van der Waals surface area contributed by atoms with Crippen LogP contribution in [0.2, 0.25) is 5.02 Å². The average molecular weight is 490 g/mol. The first-order valence-corrected chi connectivity index (χ1v) is 11.7. The number of amides is 2. The third-order valence-electron chi connectivity index (χ3n) is 6.10. The number of benzene rings is 3. The van der Waals surface area contributed by atoms with E-state index in [-0.39, 0.29) is 17.6 Å². The standard InChI is InChI=1S/C27H24ClN3O4/c1-34-24-11-6-19(28)17-22(24)27(33)31-14-12-30(13-15-31)21-9-7-20(8-10-21)29-26(32)25-16-18-4-2-3-5-23(18)35-25/h2-11,16-17H,12-15H2,1H3,(H,29,32). The van der Waals surface area contributed by atoms with E-state index < -0.39 is 0 Å². The van der Waals surface area contributed by atoms with Gasteiger partial charge in [-0.15, -0.1) is 0 Å². The van der Waals surface area contributed by atoms with Crippen molar-refractivity contribution in [1.29, 1.82) is 0 Å². The number of hydrogen-bond donors (Lipinski definition) is 1. The molecule has 0 aliphatic carbocycles. The maximum atomic E-state index is 13.0. The molecule has 1 aromatic heterocycles. The van der Waals surface area contributed by atoms with E-state index in [0.29, 0.717) is 53.8 Å². The summed E-state index contributed by atoms with van der Waals surface area (Å²) < 4.78 is 11.0. The molecule has 4 aromatic rings. The number of nitrogens with one attached hydrogen (secondary N) is 1. The molecular weight excluding hydrogens is 466 g/mol. The highest BCUT2D eigenvalue weighted by molar-refractivity contribution is 6.31. The summed E-state index contributed by atoms with van der Waals surface area (Å²) in [5.41, 5.74) is 2.86. The van der Waals surface area contributed by atoms with Crippen molar-refractivity contribution in [1.82, 2.24) is 4.90 Å². The Bertz CT molecular complexity index is 1340. The van der Waals surface area contributed by atoms with Crippen LogP contribution in [0.4, 0.5) is 11.4 Å². The Morgan fingerprint density at radius 3 is 2.40 bits per heavy atom. The van der Waals surface area contributed by atoms with Gasteiger partial charge in [-0.1, -0.05) is 29.8 Å². The van der Waals surface area contributed by atoms with Crippen LogP contribution >= 0.6 is 11.6 Å². The molecule has 2 amide bonds. The molecule has 1 saturated heterocycles. The number of carbonyl (C=O) groups excluding carboxylic acids is 2. The molecule has 5 rings (SSSR count). The summed E-state index contributed by atoms with van der Waals surface area (Å²) in [6.07, 6.45) is 0. The van der Waals surface area contributed by atoms with Crippen molar-refractivity contribution >= 4 is 45.8 Å². The first kappa shape index (κ1) is 22.8. The van der Waals surface area contributed by atoms with E-state index in [9.17, 15) is 9.59 Å². The highest BCUT2D eigenvalue weighted by atomic mass is 35.5. The zero-order valence-electron chi connectivity index (χ0n) is 19.2. The van der Waals surface area contributed by atoms with Crippen molar-refractivity contribution in [3.05, 3.63) is 89.1 Å². The summed E-state index contributed by atoms with van der Waals surface area (Å²) >= 11 is 6.09. The second-order valence-corrected chi connectivity index (χ2v) is 8.71. The van der Waals surface area contributed by atoms with Crippen LogP contribution in [-0.2, 0) is 0 Å². The number of hydrogen-bond acceptors (Lipinski definition) is 5. The molecule has 1 fully saturated rings. The third-order valence-corrected chi connectivity index (χ3v) is 6.33. The molecule has 1 N–H and O–H groups in total. The minimum Gasteiger partial charge on any atom is -0.496 e. The number of anilines is 2. The van der Waals surface area contributed by atoms with Crippen LogP contribution < -0.4 is 15.0 Å². The molecule has 2 heterocycles. The zero-order valence-corrected chi connectivity index (χ0v) is 19.9. The minimum absolute atomic E-state index is 0.0901. The van der Waals surface area contributed by atoms with Crippen LogP contribution in [0.15, 0.2) is 77.2 Å². The van der Waals surface area contributed by atoms with Crippen molar-refractivity contribution in [2.45, 2.75) is 0 Å². The number of nitrogens with zero attached hydrogens (tertiary/aromatic N) is 2. The number of fused-ring (bicyclic) bond motifs is 1. The number of piperazine rings is 1. The lowest BCUT2D eigenvalue weighted by atomic mass is 10.1. The highest BCUT2D eigenvalue weighted by Gasteiger charge is 2.25. The number of methoxy groups -OCH3 is 1. The highest BCUT2D eigenvalue weighted by Crippen LogP contribution is 2.26. The number of carbonyl (C=O) groups is 2. The van der Waals surface area contributed by atoms with Gasteiger partial charge in [0.05, 0.1) is 12.7 Å². The molecule has 7 nitrogen and oxygen atoms in total. The van der Waals surface area contributed by atoms with Crippen molar-refractivity contribution in [3.63, 3.8) is 0 Å². The van der Waals surface area contributed by atoms with Gasteiger partial charge in [0.1, 0.15) is 11.3 Å². The molecule has 178 valence electrons. The van der Waals surface area contributed by atoms with Crippen LogP contribution in [0.25, 0.3) is 11.0 Å². The van der Waals surface area contributed by atoms with Crippen molar-refractivity contribution in [2.24, 2.45) is 0 Å². The number of furan rings is 1. The fourth-order valence-electron chi connectivity index (χ4n) is 4.23. The molecule has 0 unspecified atom stereocenters. The van der Waals surface area contributed by atoms with Crippen LogP contribution in [0, 0.1) is 0 Å². The molecule has 35 heavy (non-hydrogen) atoms. The quantitative estimate of drug-likeness (QED) is 0.411. The molecular formula is C27H24ClN3O4. The molecule has 1 aliphatic rings. The number of para-hydroxylation sites is 1. The molecule has 8 heteroatoms. The lowest BCUT2D eigenvalue weighted by Crippen LogP contribution is -2.48. The van der Waals surface area contributed by atoms with Gasteiger partial charge in [0, 0.05) is 48.0 Å². The minimum atomic E-state index is -0.294. The van der Waals surface area contributed by atoms with Gasteiger partial charge in [0.2, 0.25) is 0 Å². The Morgan fingerprint density at radius 1 is 0.943 bits per heavy atom. The van der Waals surface area contributed by atoms with Gasteiger partial charge < -0.3 is 24.3 Å². The van der Waals surface area contributed by atoms with Crippen LogP contribution in [0.3, 0.4) is 0 Å². The Morgan fingerprint density at radius 2 is 1.69 bits per heavy atom. The van der Waals surface area contributed by atoms with E-state index in [4.69, 9.17) is 20.8 Å². The van der Waals surface area contributed by atoms with Crippen LogP contribution in [-0.4, -0.2) is 50.0 Å². The number of halogens is 1. The predicted molar refractivity (Wildman–Crippen MR) is 137 cm³/mol. The van der Waals surface area contributed by atoms with E-state index in [1.807, 2.05) is 53.4 Å². The van der Waals surface area contributed by atoms with Crippen LogP contribution in [0.1, 0.15) is 20.9 Å². The molecule has 1 aliphatic heterocycles. The van der Waals surface area contributed by atoms with E-state index in [1.165, 1.54) is 0 Å². The van der Waals surface area contributed by atoms with Crippen molar-refractivity contribution in [2.75, 3.05) is 43.5 Å². The predicted octanol–water partition coefficient (Wildman–Crippen LogP) is 5.31. The Labute approximate surface area is 207 Å². The van der Waals surface area contributed by atoms with E-state index in [2.05, 4.69) is 10.2 Å². The largest absolute Gasteiger partial charge is 0.496 e. The van der Waals surface area contributed by atoms with Crippen LogP contribution in [0.5, 0.6) is 5.75 Å². The van der Waals surface area contributed by atoms with Gasteiger partial charge in [-0.3, -0.25) is 9.59 Å². The summed E-state index contributed by atoms with van der Waals surface area (Å²) in [7, 11) is 1.54. The molecule has 0 spiro atoms. The SMILES string of the molecule is COc1ccc(Cl)cc1C(=O)N1CCN(c2ccc(NC(=O)c3cc4ccccc4o3)cc2)CC1. The van der Waals surface area contributed by atoms with E-state index >= 15 is 0 Å². The molecule has 0 radical (unpaired) electrons. The summed E-state index contributed by atoms with van der Waals surface area (Å²) in [5.74, 6) is 0.402. The Hall–Kier alpha value is -3.97. The molecule has 0 atom stereocenters. The van der Waals surface area contributed by atoms with Gasteiger partial charge in [0.25, 0.3) is 11.8 Å². The fourth-order valence-corrected chi connectivity index (χ4v) is 4.40. The molecule has 0 bridgehead atoms. The first-order chi connectivity index (χ1) is 17.0. The maximum Gasteiger partial charge on any atom is 0.291 e. The topological polar surface area (TPSA) is 75.0 Å². The molecule has 3 aromatic carbocycles. The van der Waals surface area contributed by atoms with Gasteiger partial charge >= 0.3 is 0 Å². The first-order valence-electron chi connectivity index (χ1n) is 11.3. The monoisotopic (exact) mass is 489 g/mol. The third kappa shape index (κ3) is 4.81. The summed E-state index contributed by atoms with van der Waals surface area (Å²) in [5, 5.41) is 4.27. The lowest BCUT2D eigenvalue weighted by Gasteiger charge is -2.36. The lowest BCUT2D eigenvalue weighted by molar-refractivity contribution is 0.0743. The normalized spacial score (nSPS) is 13.7. The average Bonchev–Trinajstić information content (AvgIpc) is 3.33. The van der Waals surface area contributed by atoms with Crippen molar-refractivity contribution < 1.29 is 18.7 Å². The fraction of sp³-hybridized carbons (Fsp3) is 0.185. The molecule has 0 saturated carbocycles. The Balaban J connectivity index is 1.19. The van der Waals surface area contributed by atoms with E-state index in [1.54, 1.807) is 31.4 Å². The second-order valence-electron chi connectivity index (χ2n) is 8.27. The Kier molecular flexibility index (Phi) is 6.33. The summed E-state index contributed by atoms with van der Waals surface area (Å²) in [6, 6.07) is 22.0. The number of ether oxygens (including phenoxy) is 1. The van der Waals surface area contributed by atoms with Gasteiger partial charge in [-0.2, -0.15) is 0 Å². The van der Waals surface area contributed by atoms with Crippen molar-refractivity contribution in [3.8, 4) is 5.75 Å². The smallest absolute Gasteiger partial charge is 0.291 e. The summed E-state index contributed by atoms with van der Waals surface area (Å²) in [4.78, 5) is 29.6. The maximum absolute atomic E-state index is 13.0. The van der Waals surface area contributed by atoms with Gasteiger partial charge in [0.15, 0.2) is 5.76 Å². The zero-order chi connectivity index (χ0) is 24.4. The summed E-state index contributed by atoms with van der Waals surface area (Å²) in [6.45, 7) is 2.55.